The minimum Gasteiger partial charge on any atom is -0.398 e. The topological polar surface area (TPSA) is 51.8 Å². The van der Waals surface area contributed by atoms with Gasteiger partial charge in [0, 0.05) is 16.5 Å². The van der Waals surface area contributed by atoms with Gasteiger partial charge in [-0.2, -0.15) is 0 Å². The summed E-state index contributed by atoms with van der Waals surface area (Å²) >= 11 is 0. The van der Waals surface area contributed by atoms with Crippen molar-refractivity contribution in [1.29, 1.82) is 0 Å². The second-order valence-electron chi connectivity index (χ2n) is 4.59. The highest BCUT2D eigenvalue weighted by atomic mass is 14.8. The predicted molar refractivity (Wildman–Crippen MR) is 79.0 cm³/mol. The van der Waals surface area contributed by atoms with Gasteiger partial charge in [0.25, 0.3) is 0 Å². The fourth-order valence-corrected chi connectivity index (χ4v) is 2.48. The average molecular weight is 245 g/mol. The molecule has 0 aliphatic rings. The Morgan fingerprint density at radius 3 is 2.11 bits per heavy atom. The maximum atomic E-state index is 6.10. The molecule has 0 atom stereocenters. The molecule has 3 heteroatoms. The summed E-state index contributed by atoms with van der Waals surface area (Å²) in [6, 6.07) is 17.8. The van der Waals surface area contributed by atoms with Crippen LogP contribution < -0.4 is 5.73 Å². The van der Waals surface area contributed by atoms with Gasteiger partial charge in [0.05, 0.1) is 22.1 Å². The summed E-state index contributed by atoms with van der Waals surface area (Å²) in [6.45, 7) is 0. The Morgan fingerprint density at radius 2 is 1.32 bits per heavy atom. The molecule has 4 aromatic rings. The Kier molecular flexibility index (Phi) is 1.97. The van der Waals surface area contributed by atoms with Crippen LogP contribution in [0.25, 0.3) is 32.8 Å². The minimum atomic E-state index is 0.743. The molecular formula is C16H11N3. The molecule has 2 N–H and O–H groups in total. The van der Waals surface area contributed by atoms with Crippen molar-refractivity contribution in [3.63, 3.8) is 0 Å². The van der Waals surface area contributed by atoms with Crippen LogP contribution in [0.3, 0.4) is 0 Å². The second kappa shape index (κ2) is 3.65. The van der Waals surface area contributed by atoms with Gasteiger partial charge >= 0.3 is 0 Å². The van der Waals surface area contributed by atoms with Crippen LogP contribution in [-0.4, -0.2) is 9.97 Å². The van der Waals surface area contributed by atoms with E-state index in [9.17, 15) is 0 Å². The quantitative estimate of drug-likeness (QED) is 0.293. The summed E-state index contributed by atoms with van der Waals surface area (Å²) in [5, 5.41) is 2.08. The van der Waals surface area contributed by atoms with E-state index in [0.29, 0.717) is 0 Å². The predicted octanol–water partition coefficient (Wildman–Crippen LogP) is 3.52. The van der Waals surface area contributed by atoms with Crippen LogP contribution in [0, 0.1) is 0 Å². The lowest BCUT2D eigenvalue weighted by molar-refractivity contribution is 1.41. The number of benzene rings is 3. The van der Waals surface area contributed by atoms with E-state index < -0.39 is 0 Å². The molecule has 1 heterocycles. The lowest BCUT2D eigenvalue weighted by Gasteiger charge is -2.07. The monoisotopic (exact) mass is 245 g/mol. The van der Waals surface area contributed by atoms with Crippen molar-refractivity contribution in [2.45, 2.75) is 0 Å². The smallest absolute Gasteiger partial charge is 0.0974 e. The van der Waals surface area contributed by atoms with Crippen LogP contribution >= 0.6 is 0 Å². The summed E-state index contributed by atoms with van der Waals surface area (Å²) in [5.74, 6) is 0. The zero-order valence-electron chi connectivity index (χ0n) is 10.2. The second-order valence-corrected chi connectivity index (χ2v) is 4.59. The van der Waals surface area contributed by atoms with E-state index in [1.54, 1.807) is 0 Å². The third-order valence-corrected chi connectivity index (χ3v) is 3.38. The number of aromatic nitrogens is 2. The first-order valence-electron chi connectivity index (χ1n) is 6.17. The minimum absolute atomic E-state index is 0.743. The Balaban J connectivity index is 2.29. The highest BCUT2D eigenvalue weighted by Crippen LogP contribution is 2.29. The molecule has 1 aromatic heterocycles. The van der Waals surface area contributed by atoms with Gasteiger partial charge in [-0.05, 0) is 18.2 Å². The van der Waals surface area contributed by atoms with E-state index in [1.165, 1.54) is 0 Å². The number of nitrogens with two attached hydrogens (primary N) is 1. The number of nitrogen functional groups attached to an aromatic ring is 1. The molecule has 4 rings (SSSR count). The number of anilines is 1. The third kappa shape index (κ3) is 1.45. The van der Waals surface area contributed by atoms with Crippen LogP contribution in [0.2, 0.25) is 0 Å². The Morgan fingerprint density at radius 1 is 0.684 bits per heavy atom. The van der Waals surface area contributed by atoms with Gasteiger partial charge in [-0.3, -0.25) is 0 Å². The van der Waals surface area contributed by atoms with Gasteiger partial charge in [0.1, 0.15) is 0 Å². The zero-order valence-corrected chi connectivity index (χ0v) is 10.2. The number of hydrogen-bond acceptors (Lipinski definition) is 3. The van der Waals surface area contributed by atoms with Gasteiger partial charge in [0.2, 0.25) is 0 Å². The Hall–Kier alpha value is -2.68. The first-order chi connectivity index (χ1) is 9.33. The van der Waals surface area contributed by atoms with Crippen molar-refractivity contribution < 1.29 is 0 Å². The van der Waals surface area contributed by atoms with Gasteiger partial charge < -0.3 is 5.73 Å². The molecular weight excluding hydrogens is 234 g/mol. The summed E-state index contributed by atoms with van der Waals surface area (Å²) in [7, 11) is 0. The van der Waals surface area contributed by atoms with Crippen LogP contribution in [0.5, 0.6) is 0 Å². The van der Waals surface area contributed by atoms with Crippen LogP contribution in [0.15, 0.2) is 54.6 Å². The normalized spacial score (nSPS) is 11.4. The van der Waals surface area contributed by atoms with E-state index in [2.05, 4.69) is 4.98 Å². The number of rotatable bonds is 0. The van der Waals surface area contributed by atoms with E-state index in [4.69, 9.17) is 10.7 Å². The SMILES string of the molecule is Nc1cc2nc3ccccc3nc2c2ccccc12. The molecule has 0 saturated carbocycles. The van der Waals surface area contributed by atoms with Crippen molar-refractivity contribution >= 4 is 38.5 Å². The molecule has 0 aliphatic carbocycles. The van der Waals surface area contributed by atoms with Crippen molar-refractivity contribution in [3.8, 4) is 0 Å². The summed E-state index contributed by atoms with van der Waals surface area (Å²) in [4.78, 5) is 9.38. The molecule has 90 valence electrons. The van der Waals surface area contributed by atoms with Crippen molar-refractivity contribution in [2.24, 2.45) is 0 Å². The summed E-state index contributed by atoms with van der Waals surface area (Å²) < 4.78 is 0. The highest BCUT2D eigenvalue weighted by molar-refractivity contribution is 6.10. The molecule has 3 nitrogen and oxygen atoms in total. The summed E-state index contributed by atoms with van der Waals surface area (Å²) in [5.41, 5.74) is 10.4. The van der Waals surface area contributed by atoms with Gasteiger partial charge in [-0.15, -0.1) is 0 Å². The molecule has 3 aromatic carbocycles. The zero-order chi connectivity index (χ0) is 12.8. The Labute approximate surface area is 109 Å². The molecule has 0 saturated heterocycles. The number of hydrogen-bond donors (Lipinski definition) is 1. The molecule has 0 bridgehead atoms. The van der Waals surface area contributed by atoms with Crippen LogP contribution in [-0.2, 0) is 0 Å². The molecule has 0 unspecified atom stereocenters. The number of fused-ring (bicyclic) bond motifs is 4. The van der Waals surface area contributed by atoms with Crippen molar-refractivity contribution in [2.75, 3.05) is 5.73 Å². The van der Waals surface area contributed by atoms with E-state index in [0.717, 1.165) is 38.5 Å². The maximum absolute atomic E-state index is 6.10. The van der Waals surface area contributed by atoms with Crippen molar-refractivity contribution in [3.05, 3.63) is 54.6 Å². The molecule has 0 radical (unpaired) electrons. The fraction of sp³-hybridized carbons (Fsp3) is 0. The van der Waals surface area contributed by atoms with Crippen molar-refractivity contribution in [1.82, 2.24) is 9.97 Å². The fourth-order valence-electron chi connectivity index (χ4n) is 2.48. The third-order valence-electron chi connectivity index (χ3n) is 3.38. The average Bonchev–Trinajstić information content (AvgIpc) is 2.46. The number of para-hydroxylation sites is 2. The van der Waals surface area contributed by atoms with Crippen LogP contribution in [0.4, 0.5) is 5.69 Å². The maximum Gasteiger partial charge on any atom is 0.0974 e. The molecule has 0 aliphatic heterocycles. The van der Waals surface area contributed by atoms with E-state index in [1.807, 2.05) is 54.6 Å². The lowest BCUT2D eigenvalue weighted by atomic mass is 10.1. The molecule has 0 amide bonds. The van der Waals surface area contributed by atoms with Gasteiger partial charge in [-0.1, -0.05) is 36.4 Å². The Bertz CT molecular complexity index is 929. The first-order valence-corrected chi connectivity index (χ1v) is 6.17. The van der Waals surface area contributed by atoms with Crippen LogP contribution in [0.1, 0.15) is 0 Å². The molecule has 0 fully saturated rings. The van der Waals surface area contributed by atoms with E-state index in [-0.39, 0.29) is 0 Å². The highest BCUT2D eigenvalue weighted by Gasteiger charge is 2.07. The van der Waals surface area contributed by atoms with Gasteiger partial charge in [0.15, 0.2) is 0 Å². The number of nitrogens with zero attached hydrogens (tertiary/aromatic N) is 2. The van der Waals surface area contributed by atoms with E-state index >= 15 is 0 Å². The lowest BCUT2D eigenvalue weighted by Crippen LogP contribution is -1.93. The largest absolute Gasteiger partial charge is 0.398 e. The first kappa shape index (κ1) is 10.3. The van der Waals surface area contributed by atoms with Gasteiger partial charge in [-0.25, -0.2) is 9.97 Å². The molecule has 19 heavy (non-hydrogen) atoms. The molecule has 0 spiro atoms. The summed E-state index contributed by atoms with van der Waals surface area (Å²) in [6.07, 6.45) is 0. The standard InChI is InChI=1S/C16H11N3/c17-12-9-15-16(11-6-2-1-5-10(11)12)19-14-8-4-3-7-13(14)18-15/h1-9H,17H2.